The van der Waals surface area contributed by atoms with Gasteiger partial charge in [-0.1, -0.05) is 48.0 Å². The lowest BCUT2D eigenvalue weighted by molar-refractivity contribution is 0.454. The molecule has 0 aliphatic carbocycles. The summed E-state index contributed by atoms with van der Waals surface area (Å²) in [5, 5.41) is 10.9. The van der Waals surface area contributed by atoms with E-state index in [2.05, 4.69) is 15.0 Å². The molecule has 0 spiro atoms. The lowest BCUT2D eigenvalue weighted by Crippen LogP contribution is -1.94. The molecule has 0 amide bonds. The van der Waals surface area contributed by atoms with E-state index in [1.54, 1.807) is 6.21 Å². The maximum atomic E-state index is 10.1. The van der Waals surface area contributed by atoms with Gasteiger partial charge >= 0.3 is 0 Å². The molecule has 0 saturated heterocycles. The average molecular weight is 350 g/mol. The number of aryl methyl sites for hydroxylation is 2. The summed E-state index contributed by atoms with van der Waals surface area (Å²) in [4.78, 5) is 11.8. The van der Waals surface area contributed by atoms with Gasteiger partial charge in [0.2, 0.25) is 5.88 Å². The van der Waals surface area contributed by atoms with E-state index in [4.69, 9.17) is 11.6 Å². The first-order valence-electron chi connectivity index (χ1n) is 8.07. The number of nitrogens with zero attached hydrogens (tertiary/aromatic N) is 2. The molecule has 4 nitrogen and oxygen atoms in total. The molecule has 0 radical (unpaired) electrons. The summed E-state index contributed by atoms with van der Waals surface area (Å²) in [6, 6.07) is 15.7. The molecule has 2 aromatic carbocycles. The number of imidazole rings is 1. The number of allylic oxidation sites excluding steroid dienone is 1. The smallest absolute Gasteiger partial charge is 0.237 e. The fourth-order valence-electron chi connectivity index (χ4n) is 2.91. The van der Waals surface area contributed by atoms with Gasteiger partial charge in [-0.25, -0.2) is 0 Å². The van der Waals surface area contributed by atoms with E-state index >= 15 is 0 Å². The summed E-state index contributed by atoms with van der Waals surface area (Å²) in [5.74, 6) is 0.729. The molecular formula is C20H16ClN3O. The Morgan fingerprint density at radius 1 is 1.04 bits per heavy atom. The zero-order chi connectivity index (χ0) is 17.2. The molecule has 5 heteroatoms. The van der Waals surface area contributed by atoms with Crippen LogP contribution >= 0.6 is 11.6 Å². The van der Waals surface area contributed by atoms with Crippen LogP contribution < -0.4 is 0 Å². The van der Waals surface area contributed by atoms with Crippen molar-refractivity contribution in [3.05, 3.63) is 76.2 Å². The van der Waals surface area contributed by atoms with Gasteiger partial charge in [0.15, 0.2) is 0 Å². The number of aromatic hydroxyl groups is 1. The summed E-state index contributed by atoms with van der Waals surface area (Å²) in [6.07, 6.45) is 5.10. The van der Waals surface area contributed by atoms with E-state index in [1.807, 2.05) is 54.6 Å². The standard InChI is InChI=1S/C20H16ClN3O/c21-16-7-3-1-5-13(16)9-10-19-23-18(20(25)24-19)11-14-12-22-17-8-4-2-6-15(14)17/h1-8,11-12,25H,9-10H2,(H,23,24)/b14-11+. The molecule has 0 fully saturated rings. The lowest BCUT2D eigenvalue weighted by Gasteiger charge is -2.01. The van der Waals surface area contributed by atoms with Crippen LogP contribution in [0.15, 0.2) is 53.5 Å². The van der Waals surface area contributed by atoms with Crippen molar-refractivity contribution in [2.45, 2.75) is 12.8 Å². The topological polar surface area (TPSA) is 61.3 Å². The number of benzene rings is 2. The van der Waals surface area contributed by atoms with Crippen molar-refractivity contribution >= 4 is 35.2 Å². The monoisotopic (exact) mass is 349 g/mol. The largest absolute Gasteiger partial charge is 0.492 e. The summed E-state index contributed by atoms with van der Waals surface area (Å²) in [5.41, 5.74) is 4.59. The van der Waals surface area contributed by atoms with Gasteiger partial charge in [0, 0.05) is 28.8 Å². The second kappa shape index (κ2) is 6.57. The number of hydrogen-bond acceptors (Lipinski definition) is 3. The highest BCUT2D eigenvalue weighted by Gasteiger charge is 2.14. The Morgan fingerprint density at radius 2 is 1.84 bits per heavy atom. The van der Waals surface area contributed by atoms with Crippen molar-refractivity contribution < 1.29 is 5.11 Å². The number of aromatic nitrogens is 2. The minimum absolute atomic E-state index is 0.000519. The van der Waals surface area contributed by atoms with Crippen molar-refractivity contribution in [2.24, 2.45) is 4.99 Å². The number of rotatable bonds is 4. The fraction of sp³-hybridized carbons (Fsp3) is 0.100. The number of H-pyrrole nitrogens is 1. The van der Waals surface area contributed by atoms with Crippen LogP contribution in [0.5, 0.6) is 5.88 Å². The van der Waals surface area contributed by atoms with Gasteiger partial charge in [0.25, 0.3) is 0 Å². The Labute approximate surface area is 150 Å². The highest BCUT2D eigenvalue weighted by atomic mass is 35.5. The fourth-order valence-corrected chi connectivity index (χ4v) is 3.14. The third-order valence-electron chi connectivity index (χ3n) is 4.21. The first kappa shape index (κ1) is 15.7. The van der Waals surface area contributed by atoms with Crippen LogP contribution in [-0.4, -0.2) is 21.3 Å². The summed E-state index contributed by atoms with van der Waals surface area (Å²) in [7, 11) is 0. The zero-order valence-electron chi connectivity index (χ0n) is 13.4. The molecule has 0 unspecified atom stereocenters. The van der Waals surface area contributed by atoms with Crippen molar-refractivity contribution in [3.63, 3.8) is 0 Å². The highest BCUT2D eigenvalue weighted by Crippen LogP contribution is 2.33. The normalized spacial score (nSPS) is 14.2. The van der Waals surface area contributed by atoms with Crippen LogP contribution in [0.3, 0.4) is 0 Å². The van der Waals surface area contributed by atoms with Gasteiger partial charge < -0.3 is 10.1 Å². The van der Waals surface area contributed by atoms with E-state index in [0.717, 1.165) is 39.7 Å². The third-order valence-corrected chi connectivity index (χ3v) is 4.58. The highest BCUT2D eigenvalue weighted by molar-refractivity contribution is 6.31. The number of para-hydroxylation sites is 1. The lowest BCUT2D eigenvalue weighted by atomic mass is 10.1. The maximum Gasteiger partial charge on any atom is 0.237 e. The molecule has 3 aromatic rings. The molecule has 2 heterocycles. The predicted octanol–water partition coefficient (Wildman–Crippen LogP) is 4.81. The number of fused-ring (bicyclic) bond motifs is 1. The van der Waals surface area contributed by atoms with Crippen LogP contribution in [0.25, 0.3) is 11.6 Å². The predicted molar refractivity (Wildman–Crippen MR) is 102 cm³/mol. The van der Waals surface area contributed by atoms with Crippen LogP contribution in [0.4, 0.5) is 5.69 Å². The zero-order valence-corrected chi connectivity index (χ0v) is 14.2. The van der Waals surface area contributed by atoms with Crippen molar-refractivity contribution in [1.82, 2.24) is 9.97 Å². The number of halogens is 1. The quantitative estimate of drug-likeness (QED) is 0.710. The third kappa shape index (κ3) is 3.21. The van der Waals surface area contributed by atoms with E-state index < -0.39 is 0 Å². The van der Waals surface area contributed by atoms with E-state index in [-0.39, 0.29) is 5.88 Å². The number of aromatic amines is 1. The Hall–Kier alpha value is -2.85. The Balaban J connectivity index is 1.55. The van der Waals surface area contributed by atoms with Gasteiger partial charge in [-0.3, -0.25) is 4.99 Å². The molecule has 1 aliphatic heterocycles. The van der Waals surface area contributed by atoms with Crippen LogP contribution in [-0.2, 0) is 12.8 Å². The van der Waals surface area contributed by atoms with Gasteiger partial charge in [0.1, 0.15) is 11.5 Å². The van der Waals surface area contributed by atoms with Crippen LogP contribution in [0, 0.1) is 0 Å². The second-order valence-electron chi connectivity index (χ2n) is 5.89. The van der Waals surface area contributed by atoms with Crippen LogP contribution in [0.1, 0.15) is 22.6 Å². The van der Waals surface area contributed by atoms with E-state index in [0.29, 0.717) is 12.1 Å². The summed E-state index contributed by atoms with van der Waals surface area (Å²) in [6.45, 7) is 0. The number of aliphatic imine (C=N–C) groups is 1. The molecular weight excluding hydrogens is 334 g/mol. The molecule has 2 N–H and O–H groups in total. The van der Waals surface area contributed by atoms with Gasteiger partial charge in [-0.05, 0) is 30.2 Å². The number of nitrogens with one attached hydrogen (secondary N) is 1. The van der Waals surface area contributed by atoms with Gasteiger partial charge in [-0.2, -0.15) is 4.98 Å². The molecule has 124 valence electrons. The average Bonchev–Trinajstić information content (AvgIpc) is 3.19. The number of hydrogen-bond donors (Lipinski definition) is 2. The molecule has 1 aromatic heterocycles. The van der Waals surface area contributed by atoms with E-state index in [9.17, 15) is 5.11 Å². The molecule has 4 rings (SSSR count). The SMILES string of the molecule is Oc1nc(CCc2ccccc2Cl)[nH]c1/C=C1\C=Nc2ccccc21. The molecule has 1 aliphatic rings. The van der Waals surface area contributed by atoms with E-state index in [1.165, 1.54) is 0 Å². The Morgan fingerprint density at radius 3 is 2.72 bits per heavy atom. The van der Waals surface area contributed by atoms with Crippen molar-refractivity contribution in [3.8, 4) is 5.88 Å². The van der Waals surface area contributed by atoms with Gasteiger partial charge in [-0.15, -0.1) is 0 Å². The van der Waals surface area contributed by atoms with Gasteiger partial charge in [0.05, 0.1) is 5.69 Å². The molecule has 0 atom stereocenters. The minimum Gasteiger partial charge on any atom is -0.492 e. The first-order valence-corrected chi connectivity index (χ1v) is 8.45. The van der Waals surface area contributed by atoms with Crippen LogP contribution in [0.2, 0.25) is 5.02 Å². The Kier molecular flexibility index (Phi) is 4.12. The van der Waals surface area contributed by atoms with Crippen molar-refractivity contribution in [2.75, 3.05) is 0 Å². The van der Waals surface area contributed by atoms with Crippen molar-refractivity contribution in [1.29, 1.82) is 0 Å². The summed E-state index contributed by atoms with van der Waals surface area (Å²) < 4.78 is 0. The Bertz CT molecular complexity index is 988. The summed E-state index contributed by atoms with van der Waals surface area (Å²) >= 11 is 6.18. The maximum absolute atomic E-state index is 10.1. The second-order valence-corrected chi connectivity index (χ2v) is 6.29. The first-order chi connectivity index (χ1) is 12.2. The molecule has 0 bridgehead atoms. The molecule has 0 saturated carbocycles. The molecule has 25 heavy (non-hydrogen) atoms. The minimum atomic E-state index is -0.000519.